The fourth-order valence-electron chi connectivity index (χ4n) is 3.86. The molecule has 3 rings (SSSR count). The second kappa shape index (κ2) is 5.25. The lowest BCUT2D eigenvalue weighted by molar-refractivity contribution is -0.163. The molecular formula is C19H25NO2. The second-order valence-electron chi connectivity index (χ2n) is 7.12. The van der Waals surface area contributed by atoms with Crippen LogP contribution in [0.5, 0.6) is 0 Å². The van der Waals surface area contributed by atoms with Gasteiger partial charge in [-0.05, 0) is 40.0 Å². The maximum atomic E-state index is 10.7. The molecule has 0 saturated carbocycles. The number of hydrogen-bond donors (Lipinski definition) is 1. The predicted octanol–water partition coefficient (Wildman–Crippen LogP) is 3.91. The van der Waals surface area contributed by atoms with Crippen LogP contribution in [0.15, 0.2) is 48.6 Å². The van der Waals surface area contributed by atoms with Crippen molar-refractivity contribution in [2.75, 3.05) is 0 Å². The van der Waals surface area contributed by atoms with Gasteiger partial charge in [-0.1, -0.05) is 36.4 Å². The normalized spacial score (nSPS) is 28.4. The lowest BCUT2D eigenvalue weighted by atomic mass is 9.84. The number of nitrogens with zero attached hydrogens (tertiary/aromatic N) is 1. The van der Waals surface area contributed by atoms with E-state index in [-0.39, 0.29) is 11.1 Å². The Labute approximate surface area is 132 Å². The first-order chi connectivity index (χ1) is 10.4. The number of benzene rings is 1. The zero-order chi connectivity index (χ0) is 16.0. The van der Waals surface area contributed by atoms with Crippen molar-refractivity contribution in [1.29, 1.82) is 0 Å². The molecule has 2 aliphatic rings. The molecule has 22 heavy (non-hydrogen) atoms. The van der Waals surface area contributed by atoms with Gasteiger partial charge in [0.25, 0.3) is 0 Å². The molecule has 3 heteroatoms. The Morgan fingerprint density at radius 2 is 1.95 bits per heavy atom. The molecule has 2 unspecified atom stereocenters. The highest BCUT2D eigenvalue weighted by molar-refractivity contribution is 5.68. The van der Waals surface area contributed by atoms with Crippen LogP contribution in [0.4, 0.5) is 0 Å². The molecule has 0 radical (unpaired) electrons. The molecule has 2 atom stereocenters. The highest BCUT2D eigenvalue weighted by atomic mass is 16.7. The molecule has 1 N–H and O–H groups in total. The van der Waals surface area contributed by atoms with Crippen molar-refractivity contribution in [3.63, 3.8) is 0 Å². The van der Waals surface area contributed by atoms with Crippen LogP contribution in [0.2, 0.25) is 0 Å². The summed E-state index contributed by atoms with van der Waals surface area (Å²) in [7, 11) is 0. The van der Waals surface area contributed by atoms with Gasteiger partial charge in [0.15, 0.2) is 5.76 Å². The van der Waals surface area contributed by atoms with E-state index in [1.54, 1.807) is 6.08 Å². The Morgan fingerprint density at radius 3 is 2.59 bits per heavy atom. The summed E-state index contributed by atoms with van der Waals surface area (Å²) in [5.41, 5.74) is 1.72. The first-order valence-electron chi connectivity index (χ1n) is 7.97. The minimum Gasteiger partial charge on any atom is -0.404 e. The SMILES string of the molecule is C=CCC(O)C1=C(c2ccccc2)ON2C(C)(C)CCC12C. The molecule has 0 aliphatic carbocycles. The summed E-state index contributed by atoms with van der Waals surface area (Å²) in [5.74, 6) is 0.810. The molecule has 0 bridgehead atoms. The van der Waals surface area contributed by atoms with Gasteiger partial charge in [-0.25, -0.2) is 0 Å². The Bertz CT molecular complexity index is 605. The van der Waals surface area contributed by atoms with Gasteiger partial charge in [-0.2, -0.15) is 0 Å². The number of hydrogen-bond acceptors (Lipinski definition) is 3. The predicted molar refractivity (Wildman–Crippen MR) is 88.8 cm³/mol. The molecule has 1 saturated heterocycles. The molecule has 1 aromatic carbocycles. The van der Waals surface area contributed by atoms with Crippen LogP contribution in [0.3, 0.4) is 0 Å². The molecule has 1 aromatic rings. The number of aliphatic hydroxyl groups excluding tert-OH is 1. The summed E-state index contributed by atoms with van der Waals surface area (Å²) in [5, 5.41) is 12.8. The molecule has 0 spiro atoms. The fourth-order valence-corrected chi connectivity index (χ4v) is 3.86. The first kappa shape index (κ1) is 15.3. The zero-order valence-corrected chi connectivity index (χ0v) is 13.7. The largest absolute Gasteiger partial charge is 0.404 e. The van der Waals surface area contributed by atoms with E-state index >= 15 is 0 Å². The molecule has 0 aromatic heterocycles. The average molecular weight is 299 g/mol. The molecule has 118 valence electrons. The summed E-state index contributed by atoms with van der Waals surface area (Å²) in [4.78, 5) is 6.29. The zero-order valence-electron chi connectivity index (χ0n) is 13.7. The van der Waals surface area contributed by atoms with Gasteiger partial charge in [-0.3, -0.25) is 0 Å². The maximum absolute atomic E-state index is 10.7. The van der Waals surface area contributed by atoms with Crippen LogP contribution in [0.25, 0.3) is 5.76 Å². The van der Waals surface area contributed by atoms with Crippen LogP contribution in [0.1, 0.15) is 45.6 Å². The van der Waals surface area contributed by atoms with E-state index in [0.717, 1.165) is 29.7 Å². The monoisotopic (exact) mass is 299 g/mol. The van der Waals surface area contributed by atoms with Gasteiger partial charge >= 0.3 is 0 Å². The summed E-state index contributed by atoms with van der Waals surface area (Å²) < 4.78 is 0. The highest BCUT2D eigenvalue weighted by Gasteiger charge is 2.58. The van der Waals surface area contributed by atoms with E-state index in [0.29, 0.717) is 6.42 Å². The third-order valence-electron chi connectivity index (χ3n) is 4.99. The van der Waals surface area contributed by atoms with Crippen LogP contribution < -0.4 is 0 Å². The van der Waals surface area contributed by atoms with Crippen molar-refractivity contribution in [2.45, 2.75) is 57.2 Å². The van der Waals surface area contributed by atoms with E-state index in [2.05, 4.69) is 32.4 Å². The number of rotatable bonds is 4. The molecule has 2 heterocycles. The summed E-state index contributed by atoms with van der Waals surface area (Å²) in [6.45, 7) is 10.3. The molecule has 2 aliphatic heterocycles. The lowest BCUT2D eigenvalue weighted by Gasteiger charge is -2.36. The quantitative estimate of drug-likeness (QED) is 0.856. The van der Waals surface area contributed by atoms with Gasteiger partial charge in [-0.15, -0.1) is 11.6 Å². The highest BCUT2D eigenvalue weighted by Crippen LogP contribution is 2.53. The van der Waals surface area contributed by atoms with Crippen LogP contribution in [-0.2, 0) is 4.84 Å². The maximum Gasteiger partial charge on any atom is 0.158 e. The van der Waals surface area contributed by atoms with Crippen molar-refractivity contribution >= 4 is 5.76 Å². The minimum atomic E-state index is -0.559. The standard InChI is InChI=1S/C19H25NO2/c1-5-9-15(21)16-17(14-10-7-6-8-11-14)22-20-18(2,3)12-13-19(16,20)4/h5-8,10-11,15,21H,1,9,12-13H2,2-4H3. The van der Waals surface area contributed by atoms with Gasteiger partial charge in [0.1, 0.15) is 0 Å². The Morgan fingerprint density at radius 1 is 1.27 bits per heavy atom. The number of aliphatic hydroxyl groups is 1. The van der Waals surface area contributed by atoms with Crippen LogP contribution in [0, 0.1) is 0 Å². The van der Waals surface area contributed by atoms with E-state index in [1.807, 2.05) is 30.3 Å². The van der Waals surface area contributed by atoms with Gasteiger partial charge in [0, 0.05) is 11.1 Å². The molecular weight excluding hydrogens is 274 g/mol. The summed E-state index contributed by atoms with van der Waals surface area (Å²) >= 11 is 0. The minimum absolute atomic E-state index is 0.0373. The Kier molecular flexibility index (Phi) is 3.66. The molecule has 3 nitrogen and oxygen atoms in total. The fraction of sp³-hybridized carbons (Fsp3) is 0.474. The van der Waals surface area contributed by atoms with Crippen molar-refractivity contribution in [3.05, 3.63) is 54.1 Å². The van der Waals surface area contributed by atoms with E-state index in [4.69, 9.17) is 4.84 Å². The number of hydroxylamine groups is 2. The van der Waals surface area contributed by atoms with E-state index in [9.17, 15) is 5.11 Å². The summed E-state index contributed by atoms with van der Waals surface area (Å²) in [6, 6.07) is 10.1. The first-order valence-corrected chi connectivity index (χ1v) is 7.97. The molecule has 0 amide bonds. The van der Waals surface area contributed by atoms with Crippen molar-refractivity contribution in [3.8, 4) is 0 Å². The van der Waals surface area contributed by atoms with Crippen molar-refractivity contribution in [2.24, 2.45) is 0 Å². The smallest absolute Gasteiger partial charge is 0.158 e. The van der Waals surface area contributed by atoms with Crippen molar-refractivity contribution < 1.29 is 9.94 Å². The molecule has 1 fully saturated rings. The number of fused-ring (bicyclic) bond motifs is 1. The Balaban J connectivity index is 2.12. The topological polar surface area (TPSA) is 32.7 Å². The summed E-state index contributed by atoms with van der Waals surface area (Å²) in [6.07, 6.45) is 3.79. The van der Waals surface area contributed by atoms with Crippen LogP contribution >= 0.6 is 0 Å². The van der Waals surface area contributed by atoms with E-state index < -0.39 is 6.10 Å². The lowest BCUT2D eigenvalue weighted by Crippen LogP contribution is -2.47. The second-order valence-corrected chi connectivity index (χ2v) is 7.12. The third kappa shape index (κ3) is 2.20. The third-order valence-corrected chi connectivity index (χ3v) is 4.99. The van der Waals surface area contributed by atoms with Crippen LogP contribution in [-0.4, -0.2) is 27.4 Å². The van der Waals surface area contributed by atoms with Crippen molar-refractivity contribution in [1.82, 2.24) is 5.06 Å². The Hall–Kier alpha value is -1.58. The van der Waals surface area contributed by atoms with E-state index in [1.165, 1.54) is 0 Å². The average Bonchev–Trinajstić information content (AvgIpc) is 2.92. The van der Waals surface area contributed by atoms with Gasteiger partial charge in [0.05, 0.1) is 17.2 Å². The van der Waals surface area contributed by atoms with Gasteiger partial charge < -0.3 is 9.94 Å². The van der Waals surface area contributed by atoms with Gasteiger partial charge in [0.2, 0.25) is 0 Å².